The van der Waals surface area contributed by atoms with Crippen molar-refractivity contribution in [3.05, 3.63) is 81.9 Å². The fourth-order valence-electron chi connectivity index (χ4n) is 4.41. The molecule has 0 aliphatic carbocycles. The van der Waals surface area contributed by atoms with Gasteiger partial charge in [-0.25, -0.2) is 0 Å². The summed E-state index contributed by atoms with van der Waals surface area (Å²) in [5.41, 5.74) is -3.39. The highest BCUT2D eigenvalue weighted by Gasteiger charge is 2.38. The molecule has 0 radical (unpaired) electrons. The van der Waals surface area contributed by atoms with Gasteiger partial charge >= 0.3 is 12.4 Å². The molecular weight excluding hydrogens is 576 g/mol. The third kappa shape index (κ3) is 8.97. The summed E-state index contributed by atoms with van der Waals surface area (Å²) < 4.78 is 80.6. The molecule has 0 spiro atoms. The van der Waals surface area contributed by atoms with Crippen LogP contribution in [0.1, 0.15) is 53.2 Å². The van der Waals surface area contributed by atoms with Crippen LogP contribution in [0.4, 0.5) is 26.3 Å². The van der Waals surface area contributed by atoms with Crippen molar-refractivity contribution in [3.63, 3.8) is 0 Å². The van der Waals surface area contributed by atoms with Crippen molar-refractivity contribution in [2.75, 3.05) is 13.1 Å². The van der Waals surface area contributed by atoms with E-state index in [1.165, 1.54) is 13.0 Å². The van der Waals surface area contributed by atoms with E-state index < -0.39 is 52.9 Å². The van der Waals surface area contributed by atoms with Crippen molar-refractivity contribution in [2.24, 2.45) is 0 Å². The topological polar surface area (TPSA) is 78.5 Å². The van der Waals surface area contributed by atoms with Crippen LogP contribution in [0, 0.1) is 0 Å². The van der Waals surface area contributed by atoms with Crippen LogP contribution in [0.2, 0.25) is 5.02 Å². The Hall–Kier alpha value is -3.54. The van der Waals surface area contributed by atoms with E-state index in [2.05, 4.69) is 10.6 Å². The maximum absolute atomic E-state index is 13.4. The number of nitrogens with zero attached hydrogens (tertiary/aromatic N) is 1. The number of likely N-dealkylation sites (N-methyl/N-ethyl adjacent to an activating group) is 1. The minimum Gasteiger partial charge on any atom is -0.354 e. The molecule has 6 nitrogen and oxygen atoms in total. The molecule has 1 saturated heterocycles. The van der Waals surface area contributed by atoms with Gasteiger partial charge in [-0.15, -0.1) is 0 Å². The molecule has 1 aliphatic heterocycles. The third-order valence-corrected chi connectivity index (χ3v) is 6.77. The number of alkyl halides is 6. The largest absolute Gasteiger partial charge is 0.416 e. The lowest BCUT2D eigenvalue weighted by Gasteiger charge is -2.30. The highest BCUT2D eigenvalue weighted by atomic mass is 35.5. The molecule has 2 atom stereocenters. The van der Waals surface area contributed by atoms with Crippen LogP contribution >= 0.6 is 11.6 Å². The van der Waals surface area contributed by atoms with Crippen LogP contribution in [-0.2, 0) is 28.4 Å². The molecule has 2 aromatic carbocycles. The Balaban J connectivity index is 1.96. The van der Waals surface area contributed by atoms with Crippen molar-refractivity contribution in [3.8, 4) is 0 Å². The number of amides is 3. The normalized spacial score (nSPS) is 17.1. The van der Waals surface area contributed by atoms with Crippen LogP contribution in [0.5, 0.6) is 0 Å². The van der Waals surface area contributed by atoms with Gasteiger partial charge in [0.2, 0.25) is 11.8 Å². The monoisotopic (exact) mass is 603 g/mol. The molecule has 2 N–H and O–H groups in total. The molecule has 41 heavy (non-hydrogen) atoms. The Morgan fingerprint density at radius 1 is 1.05 bits per heavy atom. The van der Waals surface area contributed by atoms with E-state index in [0.717, 1.165) is 17.4 Å². The van der Waals surface area contributed by atoms with E-state index in [1.54, 1.807) is 24.3 Å². The van der Waals surface area contributed by atoms with Crippen molar-refractivity contribution < 1.29 is 40.7 Å². The van der Waals surface area contributed by atoms with E-state index in [1.807, 2.05) is 0 Å². The second-order valence-electron chi connectivity index (χ2n) is 9.49. The maximum Gasteiger partial charge on any atom is 0.416 e. The number of benzene rings is 2. The van der Waals surface area contributed by atoms with E-state index in [-0.39, 0.29) is 24.9 Å². The number of hydrogen-bond donors (Lipinski definition) is 2. The van der Waals surface area contributed by atoms with E-state index in [4.69, 9.17) is 11.6 Å². The second-order valence-corrected chi connectivity index (χ2v) is 9.93. The Labute approximate surface area is 237 Å². The number of nitrogens with one attached hydrogen (secondary N) is 2. The molecule has 13 heteroatoms. The summed E-state index contributed by atoms with van der Waals surface area (Å²) in [7, 11) is 0. The van der Waals surface area contributed by atoms with Gasteiger partial charge in [-0.3, -0.25) is 14.4 Å². The zero-order valence-corrected chi connectivity index (χ0v) is 22.7. The lowest BCUT2D eigenvalue weighted by atomic mass is 10.0. The first-order valence-corrected chi connectivity index (χ1v) is 13.2. The fourth-order valence-corrected chi connectivity index (χ4v) is 4.54. The standard InChI is InChI=1S/C28H28ClF6N3O3/c1-2-38(26(41)18-14-19(27(30,31)32)16-20(15-18)28(33,34)35)22(13-17-6-8-21(29)9-7-17)10-11-24(39)37-23-5-3-4-12-36-25(23)40/h6-11,14-16,22-23H,2-5,12-13H2,1H3,(H,36,40)(H,37,39)/b11-10+/t22-,23?/m0/s1. The predicted molar refractivity (Wildman–Crippen MR) is 140 cm³/mol. The zero-order chi connectivity index (χ0) is 30.4. The van der Waals surface area contributed by atoms with E-state index >= 15 is 0 Å². The molecule has 1 aliphatic rings. The number of hydrogen-bond acceptors (Lipinski definition) is 3. The Morgan fingerprint density at radius 3 is 2.22 bits per heavy atom. The van der Waals surface area contributed by atoms with Crippen LogP contribution < -0.4 is 10.6 Å². The molecule has 0 bridgehead atoms. The molecular formula is C28H28ClF6N3O3. The molecule has 1 heterocycles. The van der Waals surface area contributed by atoms with E-state index in [9.17, 15) is 40.7 Å². The highest BCUT2D eigenvalue weighted by molar-refractivity contribution is 6.30. The highest BCUT2D eigenvalue weighted by Crippen LogP contribution is 2.36. The van der Waals surface area contributed by atoms with Crippen molar-refractivity contribution in [1.29, 1.82) is 0 Å². The molecule has 1 unspecified atom stereocenters. The minimum atomic E-state index is -5.13. The number of carbonyl (C=O) groups excluding carboxylic acids is 3. The van der Waals surface area contributed by atoms with Crippen LogP contribution in [0.15, 0.2) is 54.6 Å². The molecule has 1 fully saturated rings. The Morgan fingerprint density at radius 2 is 1.66 bits per heavy atom. The summed E-state index contributed by atoms with van der Waals surface area (Å²) in [4.78, 5) is 39.4. The van der Waals surface area contributed by atoms with Gasteiger partial charge in [-0.05, 0) is 68.5 Å². The van der Waals surface area contributed by atoms with Crippen molar-refractivity contribution in [2.45, 2.75) is 57.0 Å². The molecule has 2 aromatic rings. The quantitative estimate of drug-likeness (QED) is 0.296. The summed E-state index contributed by atoms with van der Waals surface area (Å²) in [6.45, 7) is 1.89. The van der Waals surface area contributed by atoms with Gasteiger partial charge in [0, 0.05) is 29.8 Å². The lowest BCUT2D eigenvalue weighted by molar-refractivity contribution is -0.143. The fraction of sp³-hybridized carbons (Fsp3) is 0.393. The first-order chi connectivity index (χ1) is 19.2. The summed E-state index contributed by atoms with van der Waals surface area (Å²) >= 11 is 5.94. The van der Waals surface area contributed by atoms with Crippen LogP contribution in [0.25, 0.3) is 0 Å². The van der Waals surface area contributed by atoms with E-state index in [0.29, 0.717) is 42.1 Å². The zero-order valence-electron chi connectivity index (χ0n) is 21.9. The summed E-state index contributed by atoms with van der Waals surface area (Å²) in [5.74, 6) is -2.07. The SMILES string of the molecule is CCN(C(=O)c1cc(C(F)(F)F)cc(C(F)(F)F)c1)[C@@H](/C=C/C(=O)NC1CCCCNC1=O)Cc1ccc(Cl)cc1. The van der Waals surface area contributed by atoms with Crippen LogP contribution in [-0.4, -0.2) is 47.8 Å². The number of carbonyl (C=O) groups is 3. The second kappa shape index (κ2) is 13.4. The van der Waals surface area contributed by atoms with Gasteiger partial charge in [-0.1, -0.05) is 29.8 Å². The van der Waals surface area contributed by atoms with Crippen LogP contribution in [0.3, 0.4) is 0 Å². The lowest BCUT2D eigenvalue weighted by Crippen LogP contribution is -2.45. The molecule has 3 amide bonds. The van der Waals surface area contributed by atoms with Gasteiger partial charge in [-0.2, -0.15) is 26.3 Å². The minimum absolute atomic E-state index is 0.0495. The average molecular weight is 604 g/mol. The molecule has 222 valence electrons. The van der Waals surface area contributed by atoms with Gasteiger partial charge in [0.25, 0.3) is 5.91 Å². The maximum atomic E-state index is 13.4. The summed E-state index contributed by atoms with van der Waals surface area (Å²) in [6.07, 6.45) is -5.86. The molecule has 0 aromatic heterocycles. The van der Waals surface area contributed by atoms with Gasteiger partial charge in [0.15, 0.2) is 0 Å². The number of halogens is 7. The Bertz CT molecular complexity index is 1250. The van der Waals surface area contributed by atoms with Gasteiger partial charge in [0.1, 0.15) is 6.04 Å². The summed E-state index contributed by atoms with van der Waals surface area (Å²) in [5, 5.41) is 5.71. The molecule has 3 rings (SSSR count). The van der Waals surface area contributed by atoms with Gasteiger partial charge < -0.3 is 15.5 Å². The third-order valence-electron chi connectivity index (χ3n) is 6.52. The molecule has 0 saturated carbocycles. The van der Waals surface area contributed by atoms with Crippen molar-refractivity contribution in [1.82, 2.24) is 15.5 Å². The average Bonchev–Trinajstić information content (AvgIpc) is 3.11. The summed E-state index contributed by atoms with van der Waals surface area (Å²) in [6, 6.07) is 5.43. The first-order valence-electron chi connectivity index (χ1n) is 12.8. The first kappa shape index (κ1) is 32.0. The smallest absolute Gasteiger partial charge is 0.354 e. The number of rotatable bonds is 8. The predicted octanol–water partition coefficient (Wildman–Crippen LogP) is 5.79. The van der Waals surface area contributed by atoms with Gasteiger partial charge in [0.05, 0.1) is 17.2 Å². The Kier molecular flexibility index (Phi) is 10.5. The van der Waals surface area contributed by atoms with Crippen molar-refractivity contribution >= 4 is 29.3 Å².